The Balaban J connectivity index is 2.19. The lowest BCUT2D eigenvalue weighted by Gasteiger charge is -2.17. The molecule has 0 spiro atoms. The fourth-order valence-electron chi connectivity index (χ4n) is 1.99. The maximum Gasteiger partial charge on any atom is 0.361 e. The Bertz CT molecular complexity index is 672. The minimum Gasteiger partial charge on any atom is -0.461 e. The molecule has 0 saturated heterocycles. The number of carbonyl (C=O) groups is 1. The summed E-state index contributed by atoms with van der Waals surface area (Å²) in [5, 5.41) is 18.9. The molecule has 0 aliphatic heterocycles. The number of anilines is 1. The highest BCUT2D eigenvalue weighted by Gasteiger charge is 2.18. The lowest BCUT2D eigenvalue weighted by molar-refractivity contribution is 0.0520. The molecule has 7 heteroatoms. The maximum absolute atomic E-state index is 11.8. The average molecular weight is 299 g/mol. The van der Waals surface area contributed by atoms with Gasteiger partial charge in [-0.25, -0.2) is 4.79 Å². The van der Waals surface area contributed by atoms with E-state index in [4.69, 9.17) is 10.00 Å². The van der Waals surface area contributed by atoms with Crippen molar-refractivity contribution >= 4 is 11.7 Å². The average Bonchev–Trinajstić information content (AvgIpc) is 3.02. The highest BCUT2D eigenvalue weighted by atomic mass is 16.5. The smallest absolute Gasteiger partial charge is 0.361 e. The van der Waals surface area contributed by atoms with Gasteiger partial charge in [0.25, 0.3) is 0 Å². The number of benzene rings is 1. The second-order valence-corrected chi connectivity index (χ2v) is 4.62. The molecule has 2 rings (SSSR count). The first-order valence-electron chi connectivity index (χ1n) is 6.93. The van der Waals surface area contributed by atoms with Crippen molar-refractivity contribution in [3.05, 3.63) is 30.0 Å². The van der Waals surface area contributed by atoms with Crippen LogP contribution in [0.2, 0.25) is 0 Å². The SMILES string of the molecule is CCOC(=O)c1n[nH]nc1-c1ccc(N(C)CCC#N)cc1. The van der Waals surface area contributed by atoms with Crippen molar-refractivity contribution in [1.29, 1.82) is 5.26 Å². The van der Waals surface area contributed by atoms with Crippen LogP contribution < -0.4 is 4.90 Å². The predicted octanol–water partition coefficient (Wildman–Crippen LogP) is 2.00. The fraction of sp³-hybridized carbons (Fsp3) is 0.333. The summed E-state index contributed by atoms with van der Waals surface area (Å²) in [6.45, 7) is 2.69. The van der Waals surface area contributed by atoms with E-state index in [0.717, 1.165) is 11.3 Å². The maximum atomic E-state index is 11.8. The number of ether oxygens (including phenoxy) is 1. The molecule has 0 fully saturated rings. The third kappa shape index (κ3) is 3.41. The Morgan fingerprint density at radius 3 is 2.73 bits per heavy atom. The van der Waals surface area contributed by atoms with Crippen LogP contribution in [0.4, 0.5) is 5.69 Å². The van der Waals surface area contributed by atoms with Gasteiger partial charge in [-0.3, -0.25) is 0 Å². The lowest BCUT2D eigenvalue weighted by atomic mass is 10.1. The molecule has 1 aromatic heterocycles. The van der Waals surface area contributed by atoms with Crippen LogP contribution in [-0.4, -0.2) is 41.6 Å². The molecule has 0 aliphatic rings. The summed E-state index contributed by atoms with van der Waals surface area (Å²) in [6.07, 6.45) is 0.467. The normalized spacial score (nSPS) is 10.0. The van der Waals surface area contributed by atoms with E-state index in [1.54, 1.807) is 6.92 Å². The van der Waals surface area contributed by atoms with Gasteiger partial charge < -0.3 is 9.64 Å². The Hall–Kier alpha value is -2.88. The summed E-state index contributed by atoms with van der Waals surface area (Å²) < 4.78 is 4.95. The summed E-state index contributed by atoms with van der Waals surface area (Å²) in [5.74, 6) is -0.499. The van der Waals surface area contributed by atoms with Crippen molar-refractivity contribution in [2.75, 3.05) is 25.1 Å². The van der Waals surface area contributed by atoms with Gasteiger partial charge in [0.05, 0.1) is 19.1 Å². The molecule has 7 nitrogen and oxygen atoms in total. The molecule has 1 aromatic carbocycles. The molecule has 22 heavy (non-hydrogen) atoms. The zero-order valence-corrected chi connectivity index (χ0v) is 12.5. The molecule has 0 radical (unpaired) electrons. The minimum atomic E-state index is -0.499. The van der Waals surface area contributed by atoms with E-state index in [-0.39, 0.29) is 12.3 Å². The first kappa shape index (κ1) is 15.5. The number of H-pyrrole nitrogens is 1. The summed E-state index contributed by atoms with van der Waals surface area (Å²) in [5.41, 5.74) is 2.39. The molecule has 0 bridgehead atoms. The van der Waals surface area contributed by atoms with Gasteiger partial charge in [-0.05, 0) is 19.1 Å². The Morgan fingerprint density at radius 2 is 2.09 bits per heavy atom. The standard InChI is InChI=1S/C15H17N5O2/c1-3-22-15(21)14-13(17-19-18-14)11-5-7-12(8-6-11)20(2)10-4-9-16/h5-8H,3-4,10H2,1-2H3,(H,17,18,19). The molecule has 0 unspecified atom stereocenters. The molecule has 0 amide bonds. The predicted molar refractivity (Wildman–Crippen MR) is 81.3 cm³/mol. The molecule has 1 N–H and O–H groups in total. The van der Waals surface area contributed by atoms with Crippen molar-refractivity contribution in [2.24, 2.45) is 0 Å². The molecule has 0 saturated carbocycles. The summed E-state index contributed by atoms with van der Waals surface area (Å²) in [7, 11) is 1.92. The number of aromatic nitrogens is 3. The van der Waals surface area contributed by atoms with Gasteiger partial charge >= 0.3 is 5.97 Å². The van der Waals surface area contributed by atoms with Crippen LogP contribution in [0.1, 0.15) is 23.8 Å². The third-order valence-corrected chi connectivity index (χ3v) is 3.16. The van der Waals surface area contributed by atoms with E-state index < -0.39 is 5.97 Å². The van der Waals surface area contributed by atoms with Crippen LogP contribution in [0.3, 0.4) is 0 Å². The van der Waals surface area contributed by atoms with E-state index in [2.05, 4.69) is 21.5 Å². The van der Waals surface area contributed by atoms with E-state index in [1.807, 2.05) is 36.2 Å². The summed E-state index contributed by atoms with van der Waals surface area (Å²) >= 11 is 0. The Kier molecular flexibility index (Phi) is 5.09. The van der Waals surface area contributed by atoms with Crippen molar-refractivity contribution in [3.63, 3.8) is 0 Å². The van der Waals surface area contributed by atoms with Crippen LogP contribution in [0.25, 0.3) is 11.3 Å². The Labute approximate surface area is 128 Å². The number of nitrogens with one attached hydrogen (secondary N) is 1. The van der Waals surface area contributed by atoms with Crippen molar-refractivity contribution < 1.29 is 9.53 Å². The number of hydrogen-bond acceptors (Lipinski definition) is 6. The van der Waals surface area contributed by atoms with Gasteiger partial charge in [0.1, 0.15) is 5.69 Å². The van der Waals surface area contributed by atoms with Gasteiger partial charge in [-0.1, -0.05) is 12.1 Å². The minimum absolute atomic E-state index is 0.174. The van der Waals surface area contributed by atoms with Crippen LogP contribution in [0.5, 0.6) is 0 Å². The lowest BCUT2D eigenvalue weighted by Crippen LogP contribution is -2.17. The zero-order chi connectivity index (χ0) is 15.9. The summed E-state index contributed by atoms with van der Waals surface area (Å²) in [4.78, 5) is 13.8. The van der Waals surface area contributed by atoms with Crippen molar-refractivity contribution in [3.8, 4) is 17.3 Å². The van der Waals surface area contributed by atoms with E-state index >= 15 is 0 Å². The number of carbonyl (C=O) groups excluding carboxylic acids is 1. The highest BCUT2D eigenvalue weighted by molar-refractivity contribution is 5.93. The molecule has 0 atom stereocenters. The molecular formula is C15H17N5O2. The number of hydrogen-bond donors (Lipinski definition) is 1. The fourth-order valence-corrected chi connectivity index (χ4v) is 1.99. The van der Waals surface area contributed by atoms with Gasteiger partial charge in [0.15, 0.2) is 5.69 Å². The molecule has 0 aliphatic carbocycles. The van der Waals surface area contributed by atoms with Gasteiger partial charge in [-0.15, -0.1) is 5.10 Å². The van der Waals surface area contributed by atoms with E-state index in [0.29, 0.717) is 18.7 Å². The number of nitriles is 1. The van der Waals surface area contributed by atoms with Crippen molar-refractivity contribution in [2.45, 2.75) is 13.3 Å². The first-order chi connectivity index (χ1) is 10.7. The van der Waals surface area contributed by atoms with Gasteiger partial charge in [0, 0.05) is 24.8 Å². The first-order valence-corrected chi connectivity index (χ1v) is 6.93. The second-order valence-electron chi connectivity index (χ2n) is 4.62. The van der Waals surface area contributed by atoms with E-state index in [1.165, 1.54) is 0 Å². The summed E-state index contributed by atoms with van der Waals surface area (Å²) in [6, 6.07) is 9.66. The topological polar surface area (TPSA) is 94.9 Å². The van der Waals surface area contributed by atoms with Gasteiger partial charge in [0.2, 0.25) is 0 Å². The van der Waals surface area contributed by atoms with Crippen molar-refractivity contribution in [1.82, 2.24) is 15.4 Å². The van der Waals surface area contributed by atoms with E-state index in [9.17, 15) is 4.79 Å². The van der Waals surface area contributed by atoms with Crippen LogP contribution >= 0.6 is 0 Å². The van der Waals surface area contributed by atoms with Crippen LogP contribution in [0, 0.1) is 11.3 Å². The number of nitrogens with zero attached hydrogens (tertiary/aromatic N) is 4. The highest BCUT2D eigenvalue weighted by Crippen LogP contribution is 2.23. The van der Waals surface area contributed by atoms with Crippen LogP contribution in [-0.2, 0) is 4.74 Å². The number of esters is 1. The van der Waals surface area contributed by atoms with Crippen LogP contribution in [0.15, 0.2) is 24.3 Å². The van der Waals surface area contributed by atoms with Gasteiger partial charge in [-0.2, -0.15) is 15.6 Å². The molecular weight excluding hydrogens is 282 g/mol. The molecule has 114 valence electrons. The molecule has 1 heterocycles. The number of aromatic amines is 1. The monoisotopic (exact) mass is 299 g/mol. The Morgan fingerprint density at radius 1 is 1.36 bits per heavy atom. The third-order valence-electron chi connectivity index (χ3n) is 3.16. The molecule has 2 aromatic rings. The second kappa shape index (κ2) is 7.22. The zero-order valence-electron chi connectivity index (χ0n) is 12.5. The largest absolute Gasteiger partial charge is 0.461 e. The quantitative estimate of drug-likeness (QED) is 0.820. The number of rotatable bonds is 6.